The predicted molar refractivity (Wildman–Crippen MR) is 154 cm³/mol. The van der Waals surface area contributed by atoms with E-state index >= 15 is 0 Å². The van der Waals surface area contributed by atoms with Crippen LogP contribution >= 0.6 is 11.3 Å². The van der Waals surface area contributed by atoms with Crippen LogP contribution in [0.1, 0.15) is 54.0 Å². The second kappa shape index (κ2) is 10.8. The molecule has 216 valence electrons. The van der Waals surface area contributed by atoms with Crippen molar-refractivity contribution in [1.82, 2.24) is 19.3 Å². The lowest BCUT2D eigenvalue weighted by Gasteiger charge is -2.35. The summed E-state index contributed by atoms with van der Waals surface area (Å²) in [5, 5.41) is 12.4. The number of thiazole rings is 1. The van der Waals surface area contributed by atoms with Crippen LogP contribution in [0.5, 0.6) is 0 Å². The minimum Gasteiger partial charge on any atom is -0.464 e. The summed E-state index contributed by atoms with van der Waals surface area (Å²) < 4.78 is 34.8. The normalized spacial score (nSPS) is 19.2. The molecule has 5 heterocycles. The molecule has 4 aromatic rings. The van der Waals surface area contributed by atoms with Crippen molar-refractivity contribution in [2.75, 3.05) is 19.1 Å². The van der Waals surface area contributed by atoms with Crippen LogP contribution in [0.3, 0.4) is 0 Å². The van der Waals surface area contributed by atoms with Crippen LogP contribution in [0.4, 0.5) is 14.5 Å². The summed E-state index contributed by atoms with van der Waals surface area (Å²) in [6.45, 7) is 1.85. The van der Waals surface area contributed by atoms with Gasteiger partial charge in [0.1, 0.15) is 22.6 Å². The number of likely N-dealkylation sites (N-methyl/N-ethyl adjacent to an activating group) is 1. The highest BCUT2D eigenvalue weighted by molar-refractivity contribution is 7.13. The van der Waals surface area contributed by atoms with Crippen molar-refractivity contribution in [3.8, 4) is 10.7 Å². The molecule has 2 atom stereocenters. The van der Waals surface area contributed by atoms with Gasteiger partial charge in [-0.05, 0) is 66.8 Å². The van der Waals surface area contributed by atoms with Crippen molar-refractivity contribution in [2.45, 2.75) is 38.5 Å². The number of halogens is 2. The summed E-state index contributed by atoms with van der Waals surface area (Å²) in [4.78, 5) is 38.2. The summed E-state index contributed by atoms with van der Waals surface area (Å²) in [6.07, 6.45) is 6.26. The fourth-order valence-corrected chi connectivity index (χ4v) is 6.32. The van der Waals surface area contributed by atoms with E-state index in [1.54, 1.807) is 17.3 Å². The lowest BCUT2D eigenvalue weighted by atomic mass is 9.96. The quantitative estimate of drug-likeness (QED) is 0.313. The van der Waals surface area contributed by atoms with Crippen LogP contribution in [0, 0.1) is 11.6 Å². The van der Waals surface area contributed by atoms with Gasteiger partial charge in [0, 0.05) is 43.0 Å². The molecule has 1 N–H and O–H groups in total. The number of ether oxygens (including phenoxy) is 1. The number of nitrogens with zero attached hydrogens (tertiary/aromatic N) is 5. The number of esters is 1. The monoisotopic (exact) mass is 591 g/mol. The Morgan fingerprint density at radius 1 is 1.17 bits per heavy atom. The van der Waals surface area contributed by atoms with E-state index in [2.05, 4.69) is 4.98 Å². The number of allylic oxidation sites excluding steroid dienone is 2. The van der Waals surface area contributed by atoms with E-state index in [1.165, 1.54) is 29.4 Å². The van der Waals surface area contributed by atoms with Gasteiger partial charge in [0.15, 0.2) is 17.3 Å². The molecule has 2 aliphatic heterocycles. The fourth-order valence-electron chi connectivity index (χ4n) is 5.48. The van der Waals surface area contributed by atoms with Gasteiger partial charge in [-0.2, -0.15) is 0 Å². The van der Waals surface area contributed by atoms with E-state index < -0.39 is 29.9 Å². The Morgan fingerprint density at radius 2 is 1.98 bits per heavy atom. The molecule has 0 saturated carbocycles. The molecule has 1 fully saturated rings. The Bertz CT molecular complexity index is 1800. The number of carbonyl (C=O) groups excluding carboxylic acids is 2. The summed E-state index contributed by atoms with van der Waals surface area (Å²) in [7, 11) is 3.07. The first kappa shape index (κ1) is 27.7. The van der Waals surface area contributed by atoms with Crippen LogP contribution in [0.15, 0.2) is 59.8 Å². The van der Waals surface area contributed by atoms with Crippen molar-refractivity contribution in [3.63, 3.8) is 0 Å². The van der Waals surface area contributed by atoms with Gasteiger partial charge in [0.05, 0.1) is 18.8 Å². The fraction of sp³-hybridized carbons (Fsp3) is 0.267. The van der Waals surface area contributed by atoms with E-state index in [1.807, 2.05) is 41.9 Å². The Kier molecular flexibility index (Phi) is 7.11. The molecule has 1 unspecified atom stereocenters. The molecule has 1 aromatic carbocycles. The summed E-state index contributed by atoms with van der Waals surface area (Å²) >= 11 is 1.24. The number of amides is 1. The molecule has 9 nitrogen and oxygen atoms in total. The Hall–Kier alpha value is -4.42. The van der Waals surface area contributed by atoms with Crippen LogP contribution in [-0.2, 0) is 9.53 Å². The summed E-state index contributed by atoms with van der Waals surface area (Å²) in [5.41, 5.74) is 4.58. The molecule has 42 heavy (non-hydrogen) atoms. The van der Waals surface area contributed by atoms with Crippen LogP contribution in [0.2, 0.25) is 0 Å². The highest BCUT2D eigenvalue weighted by Gasteiger charge is 2.36. The van der Waals surface area contributed by atoms with Gasteiger partial charge in [-0.15, -0.1) is 11.3 Å². The zero-order valence-electron chi connectivity index (χ0n) is 23.0. The van der Waals surface area contributed by atoms with Gasteiger partial charge < -0.3 is 19.6 Å². The number of pyridine rings is 1. The van der Waals surface area contributed by atoms with Gasteiger partial charge in [-0.25, -0.2) is 23.5 Å². The van der Waals surface area contributed by atoms with E-state index in [4.69, 9.17) is 9.72 Å². The number of benzene rings is 1. The molecular formula is C30H27F2N5O4S. The molecule has 0 bridgehead atoms. The largest absolute Gasteiger partial charge is 0.464 e. The molecule has 0 aliphatic carbocycles. The maximum Gasteiger partial charge on any atom is 0.357 e. The van der Waals surface area contributed by atoms with Crippen LogP contribution < -0.4 is 4.90 Å². The minimum absolute atomic E-state index is 0.141. The summed E-state index contributed by atoms with van der Waals surface area (Å²) in [5.74, 6) is -2.86. The number of fused-ring (bicyclic) bond motifs is 1. The number of methoxy groups -OCH3 is 1. The number of hydrogen-bond donors (Lipinski definition) is 1. The van der Waals surface area contributed by atoms with Gasteiger partial charge in [0.25, 0.3) is 0 Å². The minimum atomic E-state index is -1.05. The third-order valence-corrected chi connectivity index (χ3v) is 8.40. The van der Waals surface area contributed by atoms with E-state index in [-0.39, 0.29) is 23.7 Å². The highest BCUT2D eigenvalue weighted by atomic mass is 32.1. The molecule has 1 amide bonds. The molecule has 0 radical (unpaired) electrons. The number of rotatable bonds is 5. The highest BCUT2D eigenvalue weighted by Crippen LogP contribution is 2.41. The third kappa shape index (κ3) is 4.76. The molecule has 1 saturated heterocycles. The number of anilines is 1. The SMILES string of the molecule is COC(=O)c1csc(-c2c([C@@H]3CCCC(=O)N3c3ccc(F)c(F)c3)nc3cc(C4=CN(C)C(O)C(C)=C4)ccn23)n1. The number of hydrogen-bond acceptors (Lipinski definition) is 8. The molecule has 12 heteroatoms. The van der Waals surface area contributed by atoms with Crippen molar-refractivity contribution >= 4 is 40.1 Å². The second-order valence-electron chi connectivity index (χ2n) is 10.3. The van der Waals surface area contributed by atoms with Crippen molar-refractivity contribution in [3.05, 3.63) is 88.3 Å². The molecular weight excluding hydrogens is 564 g/mol. The standard InChI is InChI=1S/C30H27F2N5O4S/c1-16-11-18(14-35(2)29(16)39)17-9-10-36-24(12-17)34-26(27(36)28-33-22(15-42-28)30(40)41-3)23-5-4-6-25(38)37(23)19-7-8-20(31)21(32)13-19/h7-15,23,29,39H,4-6H2,1-3H3/t23-,29?/m0/s1. The van der Waals surface area contributed by atoms with Crippen molar-refractivity contribution in [2.24, 2.45) is 0 Å². The number of aliphatic hydroxyl groups is 1. The van der Waals surface area contributed by atoms with Gasteiger partial charge in [-0.1, -0.05) is 0 Å². The number of aromatic nitrogens is 3. The molecule has 2 aliphatic rings. The Labute approximate surface area is 244 Å². The van der Waals surface area contributed by atoms with E-state index in [0.29, 0.717) is 34.9 Å². The Morgan fingerprint density at radius 3 is 2.71 bits per heavy atom. The van der Waals surface area contributed by atoms with Crippen LogP contribution in [-0.4, -0.2) is 56.6 Å². The average molecular weight is 592 g/mol. The first-order valence-electron chi connectivity index (χ1n) is 13.3. The maximum absolute atomic E-state index is 14.3. The zero-order chi connectivity index (χ0) is 29.7. The zero-order valence-corrected chi connectivity index (χ0v) is 23.9. The Balaban J connectivity index is 1.53. The van der Waals surface area contributed by atoms with Gasteiger partial charge >= 0.3 is 5.97 Å². The first-order chi connectivity index (χ1) is 20.2. The van der Waals surface area contributed by atoms with Crippen molar-refractivity contribution < 1.29 is 28.2 Å². The number of imidazole rings is 1. The molecule has 3 aromatic heterocycles. The van der Waals surface area contributed by atoms with Gasteiger partial charge in [0.2, 0.25) is 5.91 Å². The number of aliphatic hydroxyl groups excluding tert-OH is 1. The van der Waals surface area contributed by atoms with Crippen molar-refractivity contribution in [1.29, 1.82) is 0 Å². The lowest BCUT2D eigenvalue weighted by molar-refractivity contribution is -0.120. The smallest absolute Gasteiger partial charge is 0.357 e. The predicted octanol–water partition coefficient (Wildman–Crippen LogP) is 5.33. The van der Waals surface area contributed by atoms with Crippen LogP contribution in [0.25, 0.3) is 21.9 Å². The average Bonchev–Trinajstić information content (AvgIpc) is 3.61. The number of piperidine rings is 1. The van der Waals surface area contributed by atoms with E-state index in [9.17, 15) is 23.5 Å². The maximum atomic E-state index is 14.3. The van der Waals surface area contributed by atoms with Gasteiger partial charge in [-0.3, -0.25) is 9.20 Å². The lowest BCUT2D eigenvalue weighted by Crippen LogP contribution is -2.38. The molecule has 0 spiro atoms. The molecule has 6 rings (SSSR count). The topological polar surface area (TPSA) is 100 Å². The number of carbonyl (C=O) groups is 2. The third-order valence-electron chi connectivity index (χ3n) is 7.55. The summed E-state index contributed by atoms with van der Waals surface area (Å²) in [6, 6.07) is 6.62. The van der Waals surface area contributed by atoms with E-state index in [0.717, 1.165) is 28.8 Å². The first-order valence-corrected chi connectivity index (χ1v) is 14.2. The second-order valence-corrected chi connectivity index (χ2v) is 11.2.